The minimum atomic E-state index is 0.376. The van der Waals surface area contributed by atoms with E-state index in [-0.39, 0.29) is 0 Å². The molecule has 0 radical (unpaired) electrons. The molecular formula is C22H22Cl2N2O2. The van der Waals surface area contributed by atoms with E-state index in [2.05, 4.69) is 34.6 Å². The van der Waals surface area contributed by atoms with Crippen molar-refractivity contribution in [3.63, 3.8) is 0 Å². The predicted molar refractivity (Wildman–Crippen MR) is 115 cm³/mol. The Kier molecular flexibility index (Phi) is 7.40. The lowest BCUT2D eigenvalue weighted by Gasteiger charge is -2.14. The molecule has 0 unspecified atom stereocenters. The van der Waals surface area contributed by atoms with E-state index >= 15 is 0 Å². The van der Waals surface area contributed by atoms with Gasteiger partial charge in [-0.3, -0.25) is 0 Å². The molecule has 0 fully saturated rings. The van der Waals surface area contributed by atoms with Crippen molar-refractivity contribution in [2.75, 3.05) is 19.0 Å². The second-order valence-corrected chi connectivity index (χ2v) is 7.05. The third-order valence-corrected chi connectivity index (χ3v) is 4.58. The van der Waals surface area contributed by atoms with Crippen LogP contribution in [0.25, 0.3) is 0 Å². The molecule has 0 aliphatic rings. The van der Waals surface area contributed by atoms with Gasteiger partial charge in [-0.2, -0.15) is 0 Å². The van der Waals surface area contributed by atoms with Crippen molar-refractivity contribution in [3.05, 3.63) is 82.1 Å². The summed E-state index contributed by atoms with van der Waals surface area (Å²) in [6.45, 7) is 1.19. The number of hydrogen-bond acceptors (Lipinski definition) is 4. The van der Waals surface area contributed by atoms with Crippen LogP contribution in [0, 0.1) is 0 Å². The number of halogens is 2. The van der Waals surface area contributed by atoms with Crippen LogP contribution in [0.4, 0.5) is 5.69 Å². The maximum Gasteiger partial charge on any atom is 0.163 e. The molecule has 1 heterocycles. The molecule has 0 atom stereocenters. The Hall–Kier alpha value is -2.43. The molecule has 3 aromatic rings. The van der Waals surface area contributed by atoms with Gasteiger partial charge in [-0.15, -0.1) is 0 Å². The molecule has 0 saturated carbocycles. The highest BCUT2D eigenvalue weighted by molar-refractivity contribution is 6.32. The number of rotatable bonds is 9. The van der Waals surface area contributed by atoms with Gasteiger partial charge in [0.1, 0.15) is 10.3 Å². The maximum absolute atomic E-state index is 5.96. The Balaban J connectivity index is 1.57. The largest absolute Gasteiger partial charge is 0.493 e. The lowest BCUT2D eigenvalue weighted by Crippen LogP contribution is -2.03. The monoisotopic (exact) mass is 416 g/mol. The number of pyridine rings is 1. The third-order valence-electron chi connectivity index (χ3n) is 4.19. The molecule has 146 valence electrons. The average molecular weight is 417 g/mol. The first-order chi connectivity index (χ1) is 13.6. The summed E-state index contributed by atoms with van der Waals surface area (Å²) in [5.74, 6) is 1.42. The van der Waals surface area contributed by atoms with Gasteiger partial charge in [0.15, 0.2) is 11.5 Å². The third kappa shape index (κ3) is 6.04. The SMILES string of the molecule is COc1ccc(NCc2cc(Cl)nc(Cl)c2)cc1OCCCc1ccccc1. The van der Waals surface area contributed by atoms with E-state index in [1.54, 1.807) is 19.2 Å². The molecule has 0 aliphatic heterocycles. The van der Waals surface area contributed by atoms with Crippen molar-refractivity contribution in [1.82, 2.24) is 4.98 Å². The highest BCUT2D eigenvalue weighted by Gasteiger charge is 2.07. The topological polar surface area (TPSA) is 43.4 Å². The molecule has 2 aromatic carbocycles. The smallest absolute Gasteiger partial charge is 0.163 e. The van der Waals surface area contributed by atoms with Gasteiger partial charge in [-0.1, -0.05) is 53.5 Å². The first-order valence-corrected chi connectivity index (χ1v) is 9.80. The van der Waals surface area contributed by atoms with Gasteiger partial charge in [0.05, 0.1) is 13.7 Å². The lowest BCUT2D eigenvalue weighted by molar-refractivity contribution is 0.289. The minimum absolute atomic E-state index is 0.376. The molecule has 0 spiro atoms. The average Bonchev–Trinajstić information content (AvgIpc) is 2.70. The van der Waals surface area contributed by atoms with Crippen molar-refractivity contribution < 1.29 is 9.47 Å². The van der Waals surface area contributed by atoms with E-state index in [9.17, 15) is 0 Å². The van der Waals surface area contributed by atoms with E-state index in [0.29, 0.717) is 35.0 Å². The van der Waals surface area contributed by atoms with Crippen LogP contribution in [0.1, 0.15) is 17.5 Å². The number of ether oxygens (including phenoxy) is 2. The van der Waals surface area contributed by atoms with Gasteiger partial charge in [-0.25, -0.2) is 4.98 Å². The Labute approximate surface area is 175 Å². The highest BCUT2D eigenvalue weighted by Crippen LogP contribution is 2.30. The van der Waals surface area contributed by atoms with Crippen molar-refractivity contribution in [1.29, 1.82) is 0 Å². The van der Waals surface area contributed by atoms with Crippen molar-refractivity contribution >= 4 is 28.9 Å². The normalized spacial score (nSPS) is 10.5. The van der Waals surface area contributed by atoms with E-state index in [0.717, 1.165) is 24.1 Å². The fraction of sp³-hybridized carbons (Fsp3) is 0.227. The molecule has 6 heteroatoms. The zero-order valence-corrected chi connectivity index (χ0v) is 17.1. The number of aryl methyl sites for hydroxylation is 1. The number of aromatic nitrogens is 1. The van der Waals surface area contributed by atoms with E-state index in [1.807, 2.05) is 24.3 Å². The number of methoxy groups -OCH3 is 1. The molecule has 1 N–H and O–H groups in total. The summed E-state index contributed by atoms with van der Waals surface area (Å²) in [7, 11) is 1.64. The molecule has 0 bridgehead atoms. The maximum atomic E-state index is 5.96. The van der Waals surface area contributed by atoms with Crippen LogP contribution in [0.5, 0.6) is 11.5 Å². The molecule has 4 nitrogen and oxygen atoms in total. The Morgan fingerprint density at radius 1 is 0.893 bits per heavy atom. The molecule has 28 heavy (non-hydrogen) atoms. The quantitative estimate of drug-likeness (QED) is 0.342. The summed E-state index contributed by atoms with van der Waals surface area (Å²) < 4.78 is 11.4. The summed E-state index contributed by atoms with van der Waals surface area (Å²) in [6, 6.07) is 19.7. The Bertz CT molecular complexity index is 884. The zero-order valence-electron chi connectivity index (χ0n) is 15.6. The van der Waals surface area contributed by atoms with E-state index < -0.39 is 0 Å². The van der Waals surface area contributed by atoms with E-state index in [4.69, 9.17) is 32.7 Å². The minimum Gasteiger partial charge on any atom is -0.493 e. The molecule has 0 aliphatic carbocycles. The number of anilines is 1. The van der Waals surface area contributed by atoms with Crippen LogP contribution >= 0.6 is 23.2 Å². The van der Waals surface area contributed by atoms with Crippen LogP contribution in [0.15, 0.2) is 60.7 Å². The summed E-state index contributed by atoms with van der Waals surface area (Å²) in [5.41, 5.74) is 3.18. The van der Waals surface area contributed by atoms with Gasteiger partial charge >= 0.3 is 0 Å². The Morgan fingerprint density at radius 3 is 2.36 bits per heavy atom. The molecule has 3 rings (SSSR count). The fourth-order valence-electron chi connectivity index (χ4n) is 2.82. The summed E-state index contributed by atoms with van der Waals surface area (Å²) >= 11 is 11.9. The van der Waals surface area contributed by atoms with Gasteiger partial charge < -0.3 is 14.8 Å². The fourth-order valence-corrected chi connectivity index (χ4v) is 3.33. The van der Waals surface area contributed by atoms with Crippen LogP contribution in [-0.4, -0.2) is 18.7 Å². The van der Waals surface area contributed by atoms with Gasteiger partial charge in [-0.05, 0) is 48.2 Å². The summed E-state index contributed by atoms with van der Waals surface area (Å²) in [6.07, 6.45) is 1.91. The van der Waals surface area contributed by atoms with Crippen LogP contribution in [0.3, 0.4) is 0 Å². The van der Waals surface area contributed by atoms with Crippen molar-refractivity contribution in [3.8, 4) is 11.5 Å². The van der Waals surface area contributed by atoms with Crippen LogP contribution in [-0.2, 0) is 13.0 Å². The van der Waals surface area contributed by atoms with Crippen LogP contribution in [0.2, 0.25) is 10.3 Å². The molecular weight excluding hydrogens is 395 g/mol. The standard InChI is InChI=1S/C22H22Cl2N2O2/c1-27-19-10-9-18(25-15-17-12-21(23)26-22(24)13-17)14-20(19)28-11-5-8-16-6-3-2-4-7-16/h2-4,6-7,9-10,12-14,25H,5,8,11,15H2,1H3. The lowest BCUT2D eigenvalue weighted by atomic mass is 10.1. The number of hydrogen-bond donors (Lipinski definition) is 1. The first kappa shape index (κ1) is 20.3. The molecule has 0 saturated heterocycles. The first-order valence-electron chi connectivity index (χ1n) is 9.04. The zero-order chi connectivity index (χ0) is 19.8. The van der Waals surface area contributed by atoms with Gasteiger partial charge in [0.25, 0.3) is 0 Å². The number of nitrogens with zero attached hydrogens (tertiary/aromatic N) is 1. The van der Waals surface area contributed by atoms with Gasteiger partial charge in [0.2, 0.25) is 0 Å². The molecule has 1 aromatic heterocycles. The second-order valence-electron chi connectivity index (χ2n) is 6.28. The van der Waals surface area contributed by atoms with Crippen LogP contribution < -0.4 is 14.8 Å². The van der Waals surface area contributed by atoms with Crippen molar-refractivity contribution in [2.45, 2.75) is 19.4 Å². The summed E-state index contributed by atoms with van der Waals surface area (Å²) in [4.78, 5) is 3.96. The second kappa shape index (κ2) is 10.2. The Morgan fingerprint density at radius 2 is 1.64 bits per heavy atom. The number of benzene rings is 2. The van der Waals surface area contributed by atoms with Crippen molar-refractivity contribution in [2.24, 2.45) is 0 Å². The predicted octanol–water partition coefficient (Wildman–Crippen LogP) is 6.02. The highest BCUT2D eigenvalue weighted by atomic mass is 35.5. The molecule has 0 amide bonds. The number of nitrogens with one attached hydrogen (secondary N) is 1. The van der Waals surface area contributed by atoms with E-state index in [1.165, 1.54) is 5.56 Å². The summed E-state index contributed by atoms with van der Waals surface area (Å²) in [5, 5.41) is 4.10. The van der Waals surface area contributed by atoms with Gasteiger partial charge in [0, 0.05) is 18.3 Å².